The van der Waals surface area contributed by atoms with Crippen LogP contribution in [-0.4, -0.2) is 27.7 Å². The zero-order chi connectivity index (χ0) is 14.1. The van der Waals surface area contributed by atoms with Crippen molar-refractivity contribution in [2.24, 2.45) is 0 Å². The number of ether oxygens (including phenoxy) is 1. The van der Waals surface area contributed by atoms with Gasteiger partial charge in [-0.1, -0.05) is 0 Å². The van der Waals surface area contributed by atoms with Crippen LogP contribution in [0, 0.1) is 0 Å². The van der Waals surface area contributed by atoms with Crippen LogP contribution in [-0.2, 0) is 0 Å². The average Bonchev–Trinajstić information content (AvgIpc) is 2.87. The average molecular weight is 268 g/mol. The largest absolute Gasteiger partial charge is 0.497 e. The lowest BCUT2D eigenvalue weighted by Gasteiger charge is -2.06. The lowest BCUT2D eigenvalue weighted by molar-refractivity contribution is 0.0699. The first-order chi connectivity index (χ1) is 9.70. The molecule has 0 radical (unpaired) electrons. The van der Waals surface area contributed by atoms with Crippen molar-refractivity contribution in [3.05, 3.63) is 54.5 Å². The highest BCUT2D eigenvalue weighted by molar-refractivity contribution is 6.03. The van der Waals surface area contributed by atoms with E-state index in [2.05, 4.69) is 4.98 Å². The molecule has 1 N–H and O–H groups in total. The van der Waals surface area contributed by atoms with Crippen LogP contribution in [0.25, 0.3) is 16.6 Å². The van der Waals surface area contributed by atoms with Crippen molar-refractivity contribution >= 4 is 16.9 Å². The minimum Gasteiger partial charge on any atom is -0.497 e. The molecule has 0 saturated heterocycles. The number of carbonyl (C=O) groups is 1. The summed E-state index contributed by atoms with van der Waals surface area (Å²) in [6, 6.07) is 9.23. The molecule has 0 spiro atoms. The van der Waals surface area contributed by atoms with E-state index in [4.69, 9.17) is 4.74 Å². The third-order valence-corrected chi connectivity index (χ3v) is 3.19. The van der Waals surface area contributed by atoms with Crippen molar-refractivity contribution in [2.75, 3.05) is 7.11 Å². The summed E-state index contributed by atoms with van der Waals surface area (Å²) < 4.78 is 6.96. The van der Waals surface area contributed by atoms with Crippen LogP contribution in [0.1, 0.15) is 10.4 Å². The molecule has 0 aliphatic rings. The van der Waals surface area contributed by atoms with Gasteiger partial charge in [0.15, 0.2) is 0 Å². The van der Waals surface area contributed by atoms with Gasteiger partial charge in [0.05, 0.1) is 18.2 Å². The standard InChI is InChI=1S/C15H12N2O3/c1-20-11-4-2-10(3-5-11)17-9-13(15(18)19)12-8-16-7-6-14(12)17/h2-9H,1H3,(H,18,19). The molecule has 0 saturated carbocycles. The summed E-state index contributed by atoms with van der Waals surface area (Å²) in [6.45, 7) is 0. The second kappa shape index (κ2) is 4.70. The van der Waals surface area contributed by atoms with E-state index < -0.39 is 5.97 Å². The number of hydrogen-bond acceptors (Lipinski definition) is 3. The van der Waals surface area contributed by atoms with Crippen LogP contribution < -0.4 is 4.74 Å². The van der Waals surface area contributed by atoms with E-state index in [1.807, 2.05) is 28.8 Å². The Morgan fingerprint density at radius 1 is 1.25 bits per heavy atom. The second-order valence-electron chi connectivity index (χ2n) is 4.31. The number of benzene rings is 1. The van der Waals surface area contributed by atoms with E-state index >= 15 is 0 Å². The Morgan fingerprint density at radius 2 is 2.00 bits per heavy atom. The number of carboxylic acids is 1. The van der Waals surface area contributed by atoms with Gasteiger partial charge in [-0.3, -0.25) is 4.98 Å². The Labute approximate surface area is 115 Å². The highest BCUT2D eigenvalue weighted by atomic mass is 16.5. The predicted molar refractivity (Wildman–Crippen MR) is 74.6 cm³/mol. The van der Waals surface area contributed by atoms with Gasteiger partial charge < -0.3 is 14.4 Å². The number of aromatic carboxylic acids is 1. The maximum atomic E-state index is 11.3. The fraction of sp³-hybridized carbons (Fsp3) is 0.0667. The molecule has 3 aromatic rings. The van der Waals surface area contributed by atoms with Crippen LogP contribution in [0.15, 0.2) is 48.9 Å². The Kier molecular flexibility index (Phi) is 2.87. The molecule has 5 nitrogen and oxygen atoms in total. The SMILES string of the molecule is COc1ccc(-n2cc(C(=O)O)c3cnccc32)cc1. The summed E-state index contributed by atoms with van der Waals surface area (Å²) in [4.78, 5) is 15.3. The Balaban J connectivity index is 2.22. The number of hydrogen-bond donors (Lipinski definition) is 1. The van der Waals surface area contributed by atoms with Crippen molar-refractivity contribution in [1.82, 2.24) is 9.55 Å². The summed E-state index contributed by atoms with van der Waals surface area (Å²) in [5.74, 6) is -0.208. The van der Waals surface area contributed by atoms with E-state index in [1.54, 1.807) is 31.8 Å². The normalized spacial score (nSPS) is 10.7. The number of fused-ring (bicyclic) bond motifs is 1. The molecule has 0 atom stereocenters. The number of pyridine rings is 1. The molecular formula is C15H12N2O3. The molecule has 3 rings (SSSR count). The summed E-state index contributed by atoms with van der Waals surface area (Å²) in [5, 5.41) is 9.89. The monoisotopic (exact) mass is 268 g/mol. The molecule has 0 aliphatic heterocycles. The molecule has 5 heteroatoms. The van der Waals surface area contributed by atoms with Crippen molar-refractivity contribution in [3.63, 3.8) is 0 Å². The first-order valence-electron chi connectivity index (χ1n) is 6.03. The van der Waals surface area contributed by atoms with Gasteiger partial charge in [-0.25, -0.2) is 4.79 Å². The zero-order valence-electron chi connectivity index (χ0n) is 10.8. The van der Waals surface area contributed by atoms with Crippen molar-refractivity contribution in [3.8, 4) is 11.4 Å². The molecule has 0 unspecified atom stereocenters. The van der Waals surface area contributed by atoms with Crippen molar-refractivity contribution in [2.45, 2.75) is 0 Å². The van der Waals surface area contributed by atoms with E-state index in [9.17, 15) is 9.90 Å². The molecule has 2 heterocycles. The number of aromatic nitrogens is 2. The summed E-state index contributed by atoms with van der Waals surface area (Å²) in [5.41, 5.74) is 1.92. The second-order valence-corrected chi connectivity index (χ2v) is 4.31. The third-order valence-electron chi connectivity index (χ3n) is 3.19. The van der Waals surface area contributed by atoms with Crippen LogP contribution in [0.2, 0.25) is 0 Å². The first kappa shape index (κ1) is 12.2. The summed E-state index contributed by atoms with van der Waals surface area (Å²) in [6.07, 6.45) is 4.82. The zero-order valence-corrected chi connectivity index (χ0v) is 10.8. The number of rotatable bonds is 3. The van der Waals surface area contributed by atoms with Gasteiger partial charge in [-0.05, 0) is 30.3 Å². The number of nitrogens with zero attached hydrogens (tertiary/aromatic N) is 2. The van der Waals surface area contributed by atoms with Crippen molar-refractivity contribution < 1.29 is 14.6 Å². The van der Waals surface area contributed by atoms with Gasteiger partial charge in [0, 0.05) is 29.7 Å². The van der Waals surface area contributed by atoms with E-state index in [1.165, 1.54) is 0 Å². The van der Waals surface area contributed by atoms with Gasteiger partial charge >= 0.3 is 5.97 Å². The topological polar surface area (TPSA) is 64.3 Å². The number of methoxy groups -OCH3 is 1. The molecule has 2 aromatic heterocycles. The lowest BCUT2D eigenvalue weighted by atomic mass is 10.2. The van der Waals surface area contributed by atoms with E-state index in [-0.39, 0.29) is 5.56 Å². The Morgan fingerprint density at radius 3 is 2.65 bits per heavy atom. The molecule has 100 valence electrons. The maximum Gasteiger partial charge on any atom is 0.337 e. The molecule has 20 heavy (non-hydrogen) atoms. The van der Waals surface area contributed by atoms with Crippen LogP contribution in [0.3, 0.4) is 0 Å². The molecule has 0 amide bonds. The minimum absolute atomic E-state index is 0.240. The number of carboxylic acid groups (broad SMARTS) is 1. The Bertz CT molecular complexity index is 775. The van der Waals surface area contributed by atoms with Gasteiger partial charge in [-0.15, -0.1) is 0 Å². The van der Waals surface area contributed by atoms with Crippen LogP contribution >= 0.6 is 0 Å². The third kappa shape index (κ3) is 1.89. The fourth-order valence-electron chi connectivity index (χ4n) is 2.20. The molecule has 0 fully saturated rings. The van der Waals surface area contributed by atoms with Gasteiger partial charge in [0.2, 0.25) is 0 Å². The molecular weight excluding hydrogens is 256 g/mol. The van der Waals surface area contributed by atoms with Gasteiger partial charge in [0.1, 0.15) is 5.75 Å². The highest BCUT2D eigenvalue weighted by Gasteiger charge is 2.14. The highest BCUT2D eigenvalue weighted by Crippen LogP contribution is 2.25. The predicted octanol–water partition coefficient (Wildman–Crippen LogP) is 2.73. The first-order valence-corrected chi connectivity index (χ1v) is 6.03. The molecule has 0 bridgehead atoms. The lowest BCUT2D eigenvalue weighted by Crippen LogP contribution is -1.95. The fourth-order valence-corrected chi connectivity index (χ4v) is 2.20. The van der Waals surface area contributed by atoms with E-state index in [0.717, 1.165) is 17.0 Å². The maximum absolute atomic E-state index is 11.3. The Hall–Kier alpha value is -2.82. The van der Waals surface area contributed by atoms with E-state index in [0.29, 0.717) is 5.39 Å². The smallest absolute Gasteiger partial charge is 0.337 e. The quantitative estimate of drug-likeness (QED) is 0.793. The van der Waals surface area contributed by atoms with Gasteiger partial charge in [0.25, 0.3) is 0 Å². The van der Waals surface area contributed by atoms with Crippen molar-refractivity contribution in [1.29, 1.82) is 0 Å². The minimum atomic E-state index is -0.963. The molecule has 1 aromatic carbocycles. The van der Waals surface area contributed by atoms with Gasteiger partial charge in [-0.2, -0.15) is 0 Å². The van der Waals surface area contributed by atoms with Crippen LogP contribution in [0.5, 0.6) is 5.75 Å². The summed E-state index contributed by atoms with van der Waals surface area (Å²) in [7, 11) is 1.61. The van der Waals surface area contributed by atoms with Crippen LogP contribution in [0.4, 0.5) is 0 Å². The summed E-state index contributed by atoms with van der Waals surface area (Å²) >= 11 is 0. The molecule has 0 aliphatic carbocycles.